The maximum absolute atomic E-state index is 11.7. The normalized spacial score (nSPS) is 10.3. The average molecular weight is 284 g/mol. The van der Waals surface area contributed by atoms with Gasteiger partial charge in [-0.1, -0.05) is 50.1 Å². The van der Waals surface area contributed by atoms with Gasteiger partial charge in [0.15, 0.2) is 0 Å². The first-order valence-corrected chi connectivity index (χ1v) is 6.60. The first kappa shape index (κ1) is 16.5. The molecule has 0 aliphatic heterocycles. The molecule has 0 atom stereocenters. The van der Waals surface area contributed by atoms with E-state index in [0.717, 1.165) is 11.1 Å². The van der Waals surface area contributed by atoms with Crippen LogP contribution in [-0.2, 0) is 16.0 Å². The summed E-state index contributed by atoms with van der Waals surface area (Å²) in [4.78, 5) is 11.7. The minimum Gasteiger partial charge on any atom is -0.512 e. The van der Waals surface area contributed by atoms with Crippen molar-refractivity contribution in [2.75, 3.05) is 6.61 Å². The predicted octanol–water partition coefficient (Wildman–Crippen LogP) is 3.99. The number of ketones is 1. The summed E-state index contributed by atoms with van der Waals surface area (Å²) in [7, 11) is 0. The van der Waals surface area contributed by atoms with Gasteiger partial charge in [-0.15, -0.1) is 0 Å². The summed E-state index contributed by atoms with van der Waals surface area (Å²) < 4.78 is 5.28. The Morgan fingerprint density at radius 3 is 2.67 bits per heavy atom. The fourth-order valence-electron chi connectivity index (χ4n) is 1.75. The number of rotatable bonds is 9. The molecule has 0 spiro atoms. The van der Waals surface area contributed by atoms with Crippen LogP contribution in [0, 0.1) is 0 Å². The first-order chi connectivity index (χ1) is 10.0. The van der Waals surface area contributed by atoms with E-state index in [4.69, 9.17) is 9.84 Å². The summed E-state index contributed by atoms with van der Waals surface area (Å²) in [6, 6.07) is 7.60. The van der Waals surface area contributed by atoms with E-state index in [-0.39, 0.29) is 24.4 Å². The lowest BCUT2D eigenvalue weighted by molar-refractivity contribution is -0.118. The van der Waals surface area contributed by atoms with E-state index in [2.05, 4.69) is 19.7 Å². The van der Waals surface area contributed by atoms with Gasteiger partial charge in [0.1, 0.15) is 18.1 Å². The monoisotopic (exact) mass is 284 g/mol. The van der Waals surface area contributed by atoms with Gasteiger partial charge in [-0.2, -0.15) is 0 Å². The maximum Gasteiger partial charge on any atom is 0.144 e. The van der Waals surface area contributed by atoms with Crippen LogP contribution in [0.3, 0.4) is 0 Å². The molecule has 21 heavy (non-hydrogen) atoms. The van der Waals surface area contributed by atoms with Crippen LogP contribution in [0.1, 0.15) is 17.5 Å². The van der Waals surface area contributed by atoms with Crippen molar-refractivity contribution in [3.63, 3.8) is 0 Å². The molecule has 1 N–H and O–H groups in total. The van der Waals surface area contributed by atoms with Gasteiger partial charge in [-0.05, 0) is 23.3 Å². The highest BCUT2D eigenvalue weighted by Gasteiger charge is 2.07. The Bertz CT molecular complexity index is 568. The van der Waals surface area contributed by atoms with Gasteiger partial charge in [0, 0.05) is 6.42 Å². The van der Waals surface area contributed by atoms with Crippen molar-refractivity contribution in [2.24, 2.45) is 0 Å². The zero-order valence-electron chi connectivity index (χ0n) is 12.0. The van der Waals surface area contributed by atoms with Gasteiger partial charge in [0.05, 0.1) is 12.2 Å². The molecule has 0 unspecified atom stereocenters. The smallest absolute Gasteiger partial charge is 0.144 e. The van der Waals surface area contributed by atoms with E-state index in [0.29, 0.717) is 12.4 Å². The Hall–Kier alpha value is -2.55. The minimum atomic E-state index is -0.107. The maximum atomic E-state index is 11.7. The minimum absolute atomic E-state index is 0.0136. The lowest BCUT2D eigenvalue weighted by atomic mass is 10.0. The summed E-state index contributed by atoms with van der Waals surface area (Å²) >= 11 is 0. The number of carbonyl (C=O) groups excluding carboxylic acids is 1. The van der Waals surface area contributed by atoms with E-state index >= 15 is 0 Å². The Morgan fingerprint density at radius 2 is 2.00 bits per heavy atom. The van der Waals surface area contributed by atoms with Crippen molar-refractivity contribution in [2.45, 2.75) is 12.8 Å². The van der Waals surface area contributed by atoms with Crippen LogP contribution in [0.4, 0.5) is 0 Å². The Morgan fingerprint density at radius 1 is 1.29 bits per heavy atom. The van der Waals surface area contributed by atoms with Crippen molar-refractivity contribution in [1.82, 2.24) is 0 Å². The van der Waals surface area contributed by atoms with Crippen molar-refractivity contribution in [3.8, 4) is 0 Å². The topological polar surface area (TPSA) is 46.5 Å². The van der Waals surface area contributed by atoms with Crippen LogP contribution in [-0.4, -0.2) is 17.5 Å². The van der Waals surface area contributed by atoms with Crippen LogP contribution in [0.15, 0.2) is 67.7 Å². The molecular weight excluding hydrogens is 264 g/mol. The van der Waals surface area contributed by atoms with Gasteiger partial charge in [0.25, 0.3) is 0 Å². The number of hydrogen-bond acceptors (Lipinski definition) is 3. The lowest BCUT2D eigenvalue weighted by Gasteiger charge is -2.06. The van der Waals surface area contributed by atoms with E-state index in [1.54, 1.807) is 6.08 Å². The molecule has 0 bridgehead atoms. The van der Waals surface area contributed by atoms with Gasteiger partial charge in [-0.3, -0.25) is 4.79 Å². The molecule has 0 aliphatic carbocycles. The third-order valence-electron chi connectivity index (χ3n) is 2.73. The Labute approximate surface area is 125 Å². The molecule has 3 heteroatoms. The molecule has 0 radical (unpaired) electrons. The Kier molecular flexibility index (Phi) is 6.75. The number of aliphatic hydroxyl groups is 1. The van der Waals surface area contributed by atoms with E-state index in [1.165, 1.54) is 0 Å². The summed E-state index contributed by atoms with van der Waals surface area (Å²) in [6.45, 7) is 10.9. The molecule has 1 aromatic carbocycles. The van der Waals surface area contributed by atoms with Gasteiger partial charge in [0.2, 0.25) is 0 Å². The number of ether oxygens (including phenoxy) is 1. The Balaban J connectivity index is 2.68. The number of carbonyl (C=O) groups is 1. The molecule has 3 nitrogen and oxygen atoms in total. The number of aliphatic hydroxyl groups excluding tert-OH is 1. The van der Waals surface area contributed by atoms with Crippen LogP contribution < -0.4 is 0 Å². The highest BCUT2D eigenvalue weighted by atomic mass is 16.5. The van der Waals surface area contributed by atoms with Crippen molar-refractivity contribution in [3.05, 3.63) is 78.8 Å². The average Bonchev–Trinajstić information content (AvgIpc) is 2.44. The highest BCUT2D eigenvalue weighted by Crippen LogP contribution is 2.13. The molecule has 0 saturated carbocycles. The van der Waals surface area contributed by atoms with Gasteiger partial charge in [-0.25, -0.2) is 0 Å². The fourth-order valence-corrected chi connectivity index (χ4v) is 1.75. The largest absolute Gasteiger partial charge is 0.512 e. The third kappa shape index (κ3) is 6.43. The highest BCUT2D eigenvalue weighted by molar-refractivity contribution is 5.83. The zero-order valence-corrected chi connectivity index (χ0v) is 12.0. The summed E-state index contributed by atoms with van der Waals surface area (Å²) in [5.74, 6) is 0.341. The molecule has 0 heterocycles. The molecule has 1 rings (SSSR count). The van der Waals surface area contributed by atoms with Crippen LogP contribution >= 0.6 is 0 Å². The molecule has 0 saturated heterocycles. The molecule has 0 fully saturated rings. The SMILES string of the molecule is C=CC(=C)OC/C=C\c1ccccc1CC(=O)CC(=C)O. The lowest BCUT2D eigenvalue weighted by Crippen LogP contribution is -2.04. The zero-order chi connectivity index (χ0) is 15.7. The molecule has 110 valence electrons. The van der Waals surface area contributed by atoms with Crippen LogP contribution in [0.2, 0.25) is 0 Å². The second-order valence-electron chi connectivity index (χ2n) is 4.54. The van der Waals surface area contributed by atoms with Gasteiger partial charge >= 0.3 is 0 Å². The van der Waals surface area contributed by atoms with Crippen LogP contribution in [0.25, 0.3) is 6.08 Å². The fraction of sp³-hybridized carbons (Fsp3) is 0.167. The number of allylic oxidation sites excluding steroid dienone is 2. The molecule has 0 amide bonds. The quantitative estimate of drug-likeness (QED) is 0.551. The van der Waals surface area contributed by atoms with E-state index in [1.807, 2.05) is 36.4 Å². The molecule has 0 aromatic heterocycles. The summed E-state index contributed by atoms with van der Waals surface area (Å²) in [5.41, 5.74) is 1.85. The molecule has 1 aromatic rings. The molecular formula is C18H20O3. The van der Waals surface area contributed by atoms with E-state index < -0.39 is 0 Å². The second kappa shape index (κ2) is 8.59. The first-order valence-electron chi connectivity index (χ1n) is 6.60. The summed E-state index contributed by atoms with van der Waals surface area (Å²) in [5, 5.41) is 9.06. The third-order valence-corrected chi connectivity index (χ3v) is 2.73. The standard InChI is InChI=1S/C18H20O3/c1-4-15(3)21-11-7-10-16-8-5-6-9-17(16)13-18(20)12-14(2)19/h4-10,19H,1-3,11-13H2/b10-7-. The number of hydrogen-bond donors (Lipinski definition) is 1. The van der Waals surface area contributed by atoms with Crippen molar-refractivity contribution >= 4 is 11.9 Å². The number of Topliss-reactive ketones (excluding diaryl/α,β-unsaturated/α-hetero) is 1. The number of benzene rings is 1. The van der Waals surface area contributed by atoms with Gasteiger partial charge < -0.3 is 9.84 Å². The van der Waals surface area contributed by atoms with Crippen molar-refractivity contribution in [1.29, 1.82) is 0 Å². The summed E-state index contributed by atoms with van der Waals surface area (Å²) in [6.07, 6.45) is 5.54. The van der Waals surface area contributed by atoms with Crippen molar-refractivity contribution < 1.29 is 14.6 Å². The molecule has 0 aliphatic rings. The predicted molar refractivity (Wildman–Crippen MR) is 85.9 cm³/mol. The second-order valence-corrected chi connectivity index (χ2v) is 4.54. The van der Waals surface area contributed by atoms with E-state index in [9.17, 15) is 4.79 Å². The van der Waals surface area contributed by atoms with Crippen LogP contribution in [0.5, 0.6) is 0 Å².